The Labute approximate surface area is 81.1 Å². The molecular weight excluding hydrogens is 254 g/mol. The van der Waals surface area contributed by atoms with Crippen LogP contribution >= 0.6 is 29.7 Å². The van der Waals surface area contributed by atoms with E-state index in [2.05, 4.69) is 12.6 Å². The molecule has 0 saturated carbocycles. The third-order valence-electron chi connectivity index (χ3n) is 0.506. The topological polar surface area (TPSA) is 0 Å². The molecule has 0 atom stereocenters. The van der Waals surface area contributed by atoms with E-state index in [1.54, 1.807) is 0 Å². The van der Waals surface area contributed by atoms with Gasteiger partial charge in [-0.3, -0.25) is 5.57 Å². The van der Waals surface area contributed by atoms with E-state index in [0.717, 1.165) is 17.7 Å². The summed E-state index contributed by atoms with van der Waals surface area (Å²) in [5, 5.41) is 0. The molecule has 0 saturated heterocycles. The Morgan fingerprint density at radius 3 is 2.00 bits per heavy atom. The first-order valence-corrected chi connectivity index (χ1v) is 9.30. The molecular formula is C5H9Cl2SZr-. The van der Waals surface area contributed by atoms with Crippen LogP contribution in [0.2, 0.25) is 0 Å². The van der Waals surface area contributed by atoms with Gasteiger partial charge in [-0.15, -0.1) is 0 Å². The molecule has 0 aliphatic heterocycles. The molecule has 0 aliphatic rings. The van der Waals surface area contributed by atoms with Crippen molar-refractivity contribution in [2.45, 2.75) is 13.3 Å². The van der Waals surface area contributed by atoms with Gasteiger partial charge in [-0.1, -0.05) is 13.3 Å². The van der Waals surface area contributed by atoms with Gasteiger partial charge in [-0.25, -0.2) is 0 Å². The summed E-state index contributed by atoms with van der Waals surface area (Å²) in [6.45, 7) is 7.17. The van der Waals surface area contributed by atoms with E-state index in [9.17, 15) is 0 Å². The van der Waals surface area contributed by atoms with Crippen LogP contribution in [-0.2, 0) is 20.8 Å². The van der Waals surface area contributed by atoms with Crippen LogP contribution in [0.4, 0.5) is 0 Å². The van der Waals surface area contributed by atoms with E-state index in [1.165, 1.54) is 0 Å². The Bertz CT molecular complexity index is 68.0. The van der Waals surface area contributed by atoms with Gasteiger partial charge < -0.3 is 6.58 Å². The molecule has 0 heterocycles. The number of rotatable bonds is 2. The third kappa shape index (κ3) is 26.3. The van der Waals surface area contributed by atoms with Crippen LogP contribution in [0.3, 0.4) is 0 Å². The van der Waals surface area contributed by atoms with E-state index in [-0.39, 0.29) is 0 Å². The van der Waals surface area contributed by atoms with Gasteiger partial charge in [0.25, 0.3) is 0 Å². The van der Waals surface area contributed by atoms with Crippen molar-refractivity contribution in [1.82, 2.24) is 0 Å². The van der Waals surface area contributed by atoms with Gasteiger partial charge in [0.05, 0.1) is 0 Å². The van der Waals surface area contributed by atoms with Crippen molar-refractivity contribution in [2.24, 2.45) is 0 Å². The van der Waals surface area contributed by atoms with E-state index < -0.39 is 20.8 Å². The van der Waals surface area contributed by atoms with Crippen LogP contribution < -0.4 is 0 Å². The molecule has 0 aromatic carbocycles. The Hall–Kier alpha value is 1.55. The van der Waals surface area contributed by atoms with Crippen LogP contribution in [0.1, 0.15) is 13.3 Å². The summed E-state index contributed by atoms with van der Waals surface area (Å²) < 4.78 is 0. The zero-order chi connectivity index (χ0) is 7.70. The average molecular weight is 263 g/mol. The van der Waals surface area contributed by atoms with Gasteiger partial charge in [-0.05, 0) is 5.75 Å². The summed E-state index contributed by atoms with van der Waals surface area (Å²) in [7, 11) is 9.87. The quantitative estimate of drug-likeness (QED) is 0.574. The molecule has 9 heavy (non-hydrogen) atoms. The summed E-state index contributed by atoms with van der Waals surface area (Å²) in [6.07, 6.45) is 0.934. The second-order valence-electron chi connectivity index (χ2n) is 1.39. The molecule has 0 radical (unpaired) electrons. The molecule has 0 fully saturated rings. The maximum absolute atomic E-state index is 5.27. The fraction of sp³-hybridized carbons (Fsp3) is 0.600. The molecule has 0 nitrogen and oxygen atoms in total. The normalized spacial score (nSPS) is 7.11. The van der Waals surface area contributed by atoms with Crippen molar-refractivity contribution < 1.29 is 20.8 Å². The molecule has 0 aromatic heterocycles. The Morgan fingerprint density at radius 2 is 2.00 bits per heavy atom. The number of allylic oxidation sites excluding steroid dienone is 1. The Kier molecular flexibility index (Phi) is 17.9. The monoisotopic (exact) mass is 261 g/mol. The number of halogens is 2. The molecule has 0 aliphatic carbocycles. The van der Waals surface area contributed by atoms with Gasteiger partial charge >= 0.3 is 37.9 Å². The molecule has 0 bridgehead atoms. The van der Waals surface area contributed by atoms with Crippen molar-refractivity contribution in [1.29, 1.82) is 0 Å². The van der Waals surface area contributed by atoms with E-state index in [0.29, 0.717) is 0 Å². The minimum atomic E-state index is -0.826. The number of thiol groups is 1. The van der Waals surface area contributed by atoms with Gasteiger partial charge in [0, 0.05) is 0 Å². The second kappa shape index (κ2) is 12.3. The van der Waals surface area contributed by atoms with E-state index in [1.807, 2.05) is 6.92 Å². The SMILES string of the molecule is [CH-]=C(C)CCS.[Cl][Zr][Cl]. The average Bonchev–Trinajstić information content (AvgIpc) is 1.67. The molecule has 0 amide bonds. The van der Waals surface area contributed by atoms with Crippen LogP contribution in [0.5, 0.6) is 0 Å². The van der Waals surface area contributed by atoms with E-state index >= 15 is 0 Å². The first-order valence-electron chi connectivity index (χ1n) is 2.34. The predicted octanol–water partition coefficient (Wildman–Crippen LogP) is 3.06. The van der Waals surface area contributed by atoms with Crippen molar-refractivity contribution in [3.8, 4) is 0 Å². The molecule has 0 spiro atoms. The van der Waals surface area contributed by atoms with Crippen molar-refractivity contribution >= 4 is 29.7 Å². The first-order chi connectivity index (χ1) is 4.18. The van der Waals surface area contributed by atoms with Crippen molar-refractivity contribution in [3.05, 3.63) is 12.2 Å². The Morgan fingerprint density at radius 1 is 1.67 bits per heavy atom. The Balaban J connectivity index is 0. The zero-order valence-corrected chi connectivity index (χ0v) is 10.1. The number of hydrogen-bond acceptors (Lipinski definition) is 1. The summed E-state index contributed by atoms with van der Waals surface area (Å²) in [4.78, 5) is 0. The van der Waals surface area contributed by atoms with Gasteiger partial charge in [0.1, 0.15) is 0 Å². The van der Waals surface area contributed by atoms with Gasteiger partial charge in [0.15, 0.2) is 0 Å². The molecule has 54 valence electrons. The van der Waals surface area contributed by atoms with Gasteiger partial charge in [-0.2, -0.15) is 12.6 Å². The van der Waals surface area contributed by atoms with Crippen LogP contribution in [0, 0.1) is 6.58 Å². The zero-order valence-electron chi connectivity index (χ0n) is 5.19. The van der Waals surface area contributed by atoms with Gasteiger partial charge in [0.2, 0.25) is 0 Å². The fourth-order valence-corrected chi connectivity index (χ4v) is 0.529. The minimum absolute atomic E-state index is 0.826. The molecule has 0 unspecified atom stereocenters. The predicted molar refractivity (Wildman–Crippen MR) is 43.7 cm³/mol. The second-order valence-corrected chi connectivity index (χ2v) is 5.57. The fourth-order valence-electron chi connectivity index (χ4n) is 0.176. The maximum atomic E-state index is 5.27. The van der Waals surface area contributed by atoms with Crippen molar-refractivity contribution in [2.75, 3.05) is 5.75 Å². The summed E-state index contributed by atoms with van der Waals surface area (Å²) >= 11 is 3.13. The van der Waals surface area contributed by atoms with E-state index in [4.69, 9.17) is 23.6 Å². The summed E-state index contributed by atoms with van der Waals surface area (Å²) in [5.41, 5.74) is 0.963. The first kappa shape index (κ1) is 13.2. The van der Waals surface area contributed by atoms with Crippen molar-refractivity contribution in [3.63, 3.8) is 0 Å². The third-order valence-corrected chi connectivity index (χ3v) is 0.730. The van der Waals surface area contributed by atoms with Crippen LogP contribution in [0.25, 0.3) is 0 Å². The summed E-state index contributed by atoms with van der Waals surface area (Å²) in [6, 6.07) is 0. The molecule has 0 N–H and O–H groups in total. The van der Waals surface area contributed by atoms with Crippen LogP contribution in [-0.4, -0.2) is 5.75 Å². The van der Waals surface area contributed by atoms with Crippen LogP contribution in [0.15, 0.2) is 5.57 Å². The molecule has 0 aromatic rings. The molecule has 0 rings (SSSR count). The number of hydrogen-bond donors (Lipinski definition) is 1. The standard InChI is InChI=1S/C5H9S.2ClH.Zr/c1-5(2)3-4-6;;;/h1,6H,3-4H2,2H3;2*1H;/q-1;;;+2/p-2. The summed E-state index contributed by atoms with van der Waals surface area (Å²) in [5.74, 6) is 0.863. The molecule has 4 heteroatoms.